The van der Waals surface area contributed by atoms with Gasteiger partial charge in [0.15, 0.2) is 5.65 Å². The topological polar surface area (TPSA) is 41.9 Å². The largest absolute Gasteiger partial charge is 0.295 e. The Morgan fingerprint density at radius 2 is 1.93 bits per heavy atom. The molecule has 0 aliphatic carbocycles. The summed E-state index contributed by atoms with van der Waals surface area (Å²) in [5.41, 5.74) is 5.64. The molecule has 4 heteroatoms. The second-order valence-corrected chi connectivity index (χ2v) is 7.93. The van der Waals surface area contributed by atoms with E-state index >= 15 is 0 Å². The molecule has 3 aromatic rings. The van der Waals surface area contributed by atoms with Gasteiger partial charge >= 0.3 is 0 Å². The average molecular weight is 361 g/mol. The molecule has 2 unspecified atom stereocenters. The van der Waals surface area contributed by atoms with Crippen LogP contribution >= 0.6 is 0 Å². The maximum absolute atomic E-state index is 4.82. The van der Waals surface area contributed by atoms with Gasteiger partial charge in [-0.05, 0) is 94.5 Å². The number of nitrogens with zero attached hydrogens (tertiary/aromatic N) is 4. The molecular formula is C23H28N4. The molecular weight excluding hydrogens is 332 g/mol. The molecule has 2 atom stereocenters. The van der Waals surface area contributed by atoms with E-state index in [-0.39, 0.29) is 0 Å². The van der Waals surface area contributed by atoms with Gasteiger partial charge in [0.2, 0.25) is 0 Å². The fourth-order valence-electron chi connectivity index (χ4n) is 4.38. The van der Waals surface area contributed by atoms with Crippen LogP contribution in [0, 0.1) is 19.8 Å². The van der Waals surface area contributed by atoms with E-state index < -0.39 is 0 Å². The Morgan fingerprint density at radius 1 is 1.11 bits per heavy atom. The molecule has 0 aromatic carbocycles. The van der Waals surface area contributed by atoms with Crippen molar-refractivity contribution in [1.82, 2.24) is 19.9 Å². The lowest BCUT2D eigenvalue weighted by molar-refractivity contribution is 0.129. The summed E-state index contributed by atoms with van der Waals surface area (Å²) >= 11 is 0. The number of fused-ring (bicyclic) bond motifs is 1. The number of hydrogen-bond acceptors (Lipinski definition) is 4. The maximum atomic E-state index is 4.82. The van der Waals surface area contributed by atoms with Crippen LogP contribution in [0.15, 0.2) is 42.6 Å². The third-order valence-electron chi connectivity index (χ3n) is 5.68. The van der Waals surface area contributed by atoms with Crippen LogP contribution in [0.2, 0.25) is 0 Å². The van der Waals surface area contributed by atoms with Crippen LogP contribution in [0.3, 0.4) is 0 Å². The van der Waals surface area contributed by atoms with Crippen molar-refractivity contribution in [2.75, 3.05) is 13.1 Å². The van der Waals surface area contributed by atoms with E-state index in [9.17, 15) is 0 Å². The average Bonchev–Trinajstić information content (AvgIpc) is 2.66. The van der Waals surface area contributed by atoms with Gasteiger partial charge in [-0.2, -0.15) is 0 Å². The second-order valence-electron chi connectivity index (χ2n) is 7.93. The number of aryl methyl sites for hydroxylation is 2. The summed E-state index contributed by atoms with van der Waals surface area (Å²) in [6, 6.07) is 13.1. The molecule has 1 aliphatic rings. The normalized spacial score (nSPS) is 19.3. The number of pyridine rings is 3. The van der Waals surface area contributed by atoms with E-state index in [1.54, 1.807) is 0 Å². The highest BCUT2D eigenvalue weighted by atomic mass is 15.2. The molecule has 4 heterocycles. The summed E-state index contributed by atoms with van der Waals surface area (Å²) in [6.07, 6.45) is 5.51. The molecule has 0 bridgehead atoms. The molecule has 0 radical (unpaired) electrons. The Kier molecular flexibility index (Phi) is 5.17. The lowest BCUT2D eigenvalue weighted by Crippen LogP contribution is -2.38. The van der Waals surface area contributed by atoms with Crippen LogP contribution in [0.25, 0.3) is 11.0 Å². The third-order valence-corrected chi connectivity index (χ3v) is 5.68. The zero-order valence-corrected chi connectivity index (χ0v) is 16.5. The highest BCUT2D eigenvalue weighted by Gasteiger charge is 2.25. The Bertz CT molecular complexity index is 916. The van der Waals surface area contributed by atoms with Gasteiger partial charge in [0.1, 0.15) is 0 Å². The number of hydrogen-bond donors (Lipinski definition) is 0. The first-order chi connectivity index (χ1) is 13.1. The van der Waals surface area contributed by atoms with Crippen LogP contribution < -0.4 is 0 Å². The lowest BCUT2D eigenvalue weighted by atomic mass is 9.90. The monoisotopic (exact) mass is 360 g/mol. The molecule has 4 nitrogen and oxygen atoms in total. The quantitative estimate of drug-likeness (QED) is 0.679. The van der Waals surface area contributed by atoms with Gasteiger partial charge in [0, 0.05) is 35.6 Å². The van der Waals surface area contributed by atoms with Crippen molar-refractivity contribution in [3.05, 3.63) is 65.2 Å². The van der Waals surface area contributed by atoms with Crippen molar-refractivity contribution in [1.29, 1.82) is 0 Å². The fraction of sp³-hybridized carbons (Fsp3) is 0.435. The van der Waals surface area contributed by atoms with E-state index in [4.69, 9.17) is 4.98 Å². The van der Waals surface area contributed by atoms with Crippen molar-refractivity contribution in [3.8, 4) is 0 Å². The Balaban J connectivity index is 1.48. The number of likely N-dealkylation sites (tertiary alicyclic amines) is 1. The van der Waals surface area contributed by atoms with E-state index in [2.05, 4.69) is 66.0 Å². The molecule has 1 aliphatic heterocycles. The van der Waals surface area contributed by atoms with E-state index in [1.165, 1.54) is 18.4 Å². The second kappa shape index (κ2) is 7.73. The summed E-state index contributed by atoms with van der Waals surface area (Å²) in [4.78, 5) is 16.3. The highest BCUT2D eigenvalue weighted by Crippen LogP contribution is 2.28. The predicted molar refractivity (Wildman–Crippen MR) is 110 cm³/mol. The van der Waals surface area contributed by atoms with Gasteiger partial charge in [-0.25, -0.2) is 9.97 Å². The van der Waals surface area contributed by atoms with Crippen molar-refractivity contribution in [2.45, 2.75) is 46.1 Å². The Labute approximate surface area is 161 Å². The molecule has 27 heavy (non-hydrogen) atoms. The molecule has 3 aromatic heterocycles. The first-order valence-corrected chi connectivity index (χ1v) is 9.98. The summed E-state index contributed by atoms with van der Waals surface area (Å²) in [5, 5.41) is 1.10. The zero-order chi connectivity index (χ0) is 18.8. The van der Waals surface area contributed by atoms with Gasteiger partial charge in [-0.1, -0.05) is 0 Å². The van der Waals surface area contributed by atoms with Gasteiger partial charge in [0.05, 0.1) is 5.69 Å². The van der Waals surface area contributed by atoms with Gasteiger partial charge in [-0.3, -0.25) is 9.88 Å². The maximum Gasteiger partial charge on any atom is 0.159 e. The molecule has 140 valence electrons. The van der Waals surface area contributed by atoms with Crippen LogP contribution in [-0.4, -0.2) is 32.9 Å². The van der Waals surface area contributed by atoms with Crippen LogP contribution in [0.5, 0.6) is 0 Å². The molecule has 0 saturated carbocycles. The smallest absolute Gasteiger partial charge is 0.159 e. The Hall–Kier alpha value is -2.33. The van der Waals surface area contributed by atoms with E-state index in [1.807, 2.05) is 12.3 Å². The summed E-state index contributed by atoms with van der Waals surface area (Å²) < 4.78 is 0. The highest BCUT2D eigenvalue weighted by molar-refractivity contribution is 5.74. The van der Waals surface area contributed by atoms with Crippen molar-refractivity contribution >= 4 is 11.0 Å². The minimum absolute atomic E-state index is 0.320. The molecule has 4 rings (SSSR count). The zero-order valence-electron chi connectivity index (χ0n) is 16.5. The fourth-order valence-corrected chi connectivity index (χ4v) is 4.38. The standard InChI is InChI=1S/C23H28N4/c1-16-12-20(13-17(2)25-16)14-19-6-5-11-27(15-19)18(3)22-9-8-21-7-4-10-24-23(21)26-22/h4,7-10,12-13,18-19H,5-6,11,14-15H2,1-3H3. The number of piperidine rings is 1. The van der Waals surface area contributed by atoms with Gasteiger partial charge in [0.25, 0.3) is 0 Å². The molecule has 0 amide bonds. The minimum Gasteiger partial charge on any atom is -0.295 e. The molecule has 0 N–H and O–H groups in total. The van der Waals surface area contributed by atoms with Crippen molar-refractivity contribution in [2.24, 2.45) is 5.92 Å². The lowest BCUT2D eigenvalue weighted by Gasteiger charge is -2.36. The van der Waals surface area contributed by atoms with Crippen LogP contribution in [-0.2, 0) is 6.42 Å². The van der Waals surface area contributed by atoms with Gasteiger partial charge < -0.3 is 0 Å². The first kappa shape index (κ1) is 18.1. The van der Waals surface area contributed by atoms with Crippen molar-refractivity contribution in [3.63, 3.8) is 0 Å². The van der Waals surface area contributed by atoms with E-state index in [0.717, 1.165) is 47.6 Å². The molecule has 1 saturated heterocycles. The summed E-state index contributed by atoms with van der Waals surface area (Å²) in [5.74, 6) is 0.695. The van der Waals surface area contributed by atoms with Gasteiger partial charge in [-0.15, -0.1) is 0 Å². The minimum atomic E-state index is 0.320. The summed E-state index contributed by atoms with van der Waals surface area (Å²) in [6.45, 7) is 8.73. The summed E-state index contributed by atoms with van der Waals surface area (Å²) in [7, 11) is 0. The SMILES string of the molecule is Cc1cc(CC2CCCN(C(C)c3ccc4cccnc4n3)C2)cc(C)n1. The van der Waals surface area contributed by atoms with Crippen LogP contribution in [0.1, 0.15) is 48.5 Å². The number of aromatic nitrogens is 3. The predicted octanol–water partition coefficient (Wildman–Crippen LogP) is 4.66. The molecule has 1 fully saturated rings. The van der Waals surface area contributed by atoms with E-state index in [0.29, 0.717) is 12.0 Å². The van der Waals surface area contributed by atoms with Crippen LogP contribution in [0.4, 0.5) is 0 Å². The number of rotatable bonds is 4. The first-order valence-electron chi connectivity index (χ1n) is 9.98. The molecule has 0 spiro atoms. The third kappa shape index (κ3) is 4.16. The van der Waals surface area contributed by atoms with Crippen molar-refractivity contribution < 1.29 is 0 Å². The Morgan fingerprint density at radius 3 is 2.74 bits per heavy atom.